The summed E-state index contributed by atoms with van der Waals surface area (Å²) in [7, 11) is 0. The Hall–Kier alpha value is -0.710. The second kappa shape index (κ2) is 5.88. The van der Waals surface area contributed by atoms with Crippen LogP contribution in [0, 0.1) is 0 Å². The van der Waals surface area contributed by atoms with Gasteiger partial charge in [0.2, 0.25) is 0 Å². The predicted octanol–water partition coefficient (Wildman–Crippen LogP) is -0.277. The first kappa shape index (κ1) is 11.3. The zero-order valence-corrected chi connectivity index (χ0v) is 7.60. The van der Waals surface area contributed by atoms with Gasteiger partial charge in [-0.25, -0.2) is 0 Å². The molecule has 12 heavy (non-hydrogen) atoms. The molecular formula is C7H11O4S-. The minimum Gasteiger partial charge on any atom is -0.550 e. The van der Waals surface area contributed by atoms with Gasteiger partial charge in [0, 0.05) is 12.4 Å². The largest absolute Gasteiger partial charge is 0.550 e. The van der Waals surface area contributed by atoms with Gasteiger partial charge in [0.1, 0.15) is 5.25 Å². The molecule has 0 amide bonds. The Labute approximate surface area is 75.0 Å². The number of carboxylic acids is 2. The number of thioether (sulfide) groups is 1. The summed E-state index contributed by atoms with van der Waals surface area (Å²) in [5.74, 6) is -1.74. The van der Waals surface area contributed by atoms with Crippen LogP contribution in [0.15, 0.2) is 0 Å². The molecule has 0 radical (unpaired) electrons. The third kappa shape index (κ3) is 5.01. The van der Waals surface area contributed by atoms with E-state index in [0.29, 0.717) is 5.75 Å². The molecule has 0 aliphatic carbocycles. The van der Waals surface area contributed by atoms with Crippen LogP contribution >= 0.6 is 11.8 Å². The molecule has 1 atom stereocenters. The van der Waals surface area contributed by atoms with Crippen LogP contribution in [0.1, 0.15) is 19.8 Å². The number of hydrogen-bond donors (Lipinski definition) is 1. The van der Waals surface area contributed by atoms with E-state index in [1.54, 1.807) is 0 Å². The summed E-state index contributed by atoms with van der Waals surface area (Å²) in [4.78, 5) is 20.5. The normalized spacial score (nSPS) is 12.4. The minimum atomic E-state index is -1.31. The summed E-state index contributed by atoms with van der Waals surface area (Å²) in [6.45, 7) is 1.91. The van der Waals surface area contributed by atoms with Crippen molar-refractivity contribution in [3.05, 3.63) is 0 Å². The standard InChI is InChI=1S/C7H12O4S/c1-2-3-12-5(7(10)11)4-6(8)9/h5H,2-4H2,1H3,(H,8,9)(H,10,11)/p-1. The monoisotopic (exact) mass is 191 g/mol. The van der Waals surface area contributed by atoms with E-state index in [4.69, 9.17) is 5.11 Å². The van der Waals surface area contributed by atoms with Crippen molar-refractivity contribution in [2.75, 3.05) is 5.75 Å². The second-order valence-corrected chi connectivity index (χ2v) is 3.58. The molecule has 0 spiro atoms. The maximum Gasteiger partial charge on any atom is 0.316 e. The highest BCUT2D eigenvalue weighted by Crippen LogP contribution is 2.15. The van der Waals surface area contributed by atoms with Crippen LogP contribution in [-0.4, -0.2) is 28.0 Å². The molecule has 1 N–H and O–H groups in total. The molecular weight excluding hydrogens is 180 g/mol. The fourth-order valence-electron chi connectivity index (χ4n) is 0.629. The van der Waals surface area contributed by atoms with Gasteiger partial charge in [-0.1, -0.05) is 6.92 Å². The van der Waals surface area contributed by atoms with Gasteiger partial charge in [0.25, 0.3) is 0 Å². The van der Waals surface area contributed by atoms with Gasteiger partial charge in [0.15, 0.2) is 0 Å². The summed E-state index contributed by atoms with van der Waals surface area (Å²) in [5, 5.41) is 17.8. The zero-order valence-electron chi connectivity index (χ0n) is 6.78. The van der Waals surface area contributed by atoms with Crippen molar-refractivity contribution >= 4 is 23.7 Å². The molecule has 1 unspecified atom stereocenters. The quantitative estimate of drug-likeness (QED) is 0.625. The molecule has 0 aromatic heterocycles. The first-order valence-electron chi connectivity index (χ1n) is 3.62. The van der Waals surface area contributed by atoms with Crippen molar-refractivity contribution in [1.29, 1.82) is 0 Å². The Balaban J connectivity index is 3.87. The Morgan fingerprint density at radius 3 is 2.50 bits per heavy atom. The number of carbonyl (C=O) groups is 2. The lowest BCUT2D eigenvalue weighted by Crippen LogP contribution is -2.30. The molecule has 0 aromatic rings. The van der Waals surface area contributed by atoms with Crippen LogP contribution in [0.3, 0.4) is 0 Å². The number of rotatable bonds is 6. The minimum absolute atomic E-state index is 0.417. The fraction of sp³-hybridized carbons (Fsp3) is 0.714. The first-order chi connectivity index (χ1) is 5.57. The molecule has 0 rings (SSSR count). The maximum absolute atomic E-state index is 10.4. The van der Waals surface area contributed by atoms with E-state index in [1.165, 1.54) is 0 Å². The average molecular weight is 191 g/mol. The molecule has 4 nitrogen and oxygen atoms in total. The number of carboxylic acid groups (broad SMARTS) is 2. The molecule has 0 aromatic carbocycles. The highest BCUT2D eigenvalue weighted by molar-refractivity contribution is 8.00. The van der Waals surface area contributed by atoms with Crippen molar-refractivity contribution in [3.8, 4) is 0 Å². The smallest absolute Gasteiger partial charge is 0.316 e. The van der Waals surface area contributed by atoms with Gasteiger partial charge in [0.05, 0.1) is 0 Å². The van der Waals surface area contributed by atoms with Gasteiger partial charge >= 0.3 is 5.97 Å². The van der Waals surface area contributed by atoms with E-state index in [2.05, 4.69) is 0 Å². The van der Waals surface area contributed by atoms with Crippen LogP contribution in [0.25, 0.3) is 0 Å². The second-order valence-electron chi connectivity index (χ2n) is 2.27. The average Bonchev–Trinajstić information content (AvgIpc) is 1.96. The predicted molar refractivity (Wildman–Crippen MR) is 43.8 cm³/mol. The lowest BCUT2D eigenvalue weighted by molar-refractivity contribution is -0.305. The summed E-state index contributed by atoms with van der Waals surface area (Å²) >= 11 is 1.14. The van der Waals surface area contributed by atoms with Crippen LogP contribution in [-0.2, 0) is 9.59 Å². The van der Waals surface area contributed by atoms with Gasteiger partial charge in [-0.15, -0.1) is 11.8 Å². The summed E-state index contributed by atoms with van der Waals surface area (Å²) in [5.41, 5.74) is 0. The Kier molecular flexibility index (Phi) is 5.53. The number of hydrogen-bond acceptors (Lipinski definition) is 4. The van der Waals surface area contributed by atoms with Gasteiger partial charge in [-0.3, -0.25) is 4.79 Å². The van der Waals surface area contributed by atoms with E-state index in [9.17, 15) is 14.7 Å². The molecule has 0 bridgehead atoms. The van der Waals surface area contributed by atoms with E-state index in [-0.39, 0.29) is 0 Å². The van der Waals surface area contributed by atoms with E-state index in [0.717, 1.165) is 18.2 Å². The van der Waals surface area contributed by atoms with Gasteiger partial charge in [-0.05, 0) is 12.2 Å². The van der Waals surface area contributed by atoms with Crippen molar-refractivity contribution < 1.29 is 19.8 Å². The maximum atomic E-state index is 10.4. The van der Waals surface area contributed by atoms with Crippen LogP contribution in [0.2, 0.25) is 0 Å². The molecule has 70 valence electrons. The SMILES string of the molecule is CCCSC(CC(=O)[O-])C(=O)O. The van der Waals surface area contributed by atoms with Gasteiger partial charge < -0.3 is 15.0 Å². The fourth-order valence-corrected chi connectivity index (χ4v) is 1.55. The molecule has 0 aliphatic heterocycles. The Morgan fingerprint density at radius 1 is 1.58 bits per heavy atom. The number of aliphatic carboxylic acids is 2. The lowest BCUT2D eigenvalue weighted by Gasteiger charge is -2.11. The molecule has 0 heterocycles. The van der Waals surface area contributed by atoms with Crippen LogP contribution in [0.4, 0.5) is 0 Å². The summed E-state index contributed by atoms with van der Waals surface area (Å²) < 4.78 is 0. The number of carbonyl (C=O) groups excluding carboxylic acids is 1. The lowest BCUT2D eigenvalue weighted by atomic mass is 10.3. The Morgan fingerprint density at radius 2 is 2.17 bits per heavy atom. The van der Waals surface area contributed by atoms with E-state index in [1.807, 2.05) is 6.92 Å². The topological polar surface area (TPSA) is 77.4 Å². The van der Waals surface area contributed by atoms with Crippen molar-refractivity contribution in [2.24, 2.45) is 0 Å². The van der Waals surface area contributed by atoms with Crippen molar-refractivity contribution in [3.63, 3.8) is 0 Å². The Bertz CT molecular complexity index is 169. The summed E-state index contributed by atoms with van der Waals surface area (Å²) in [6, 6.07) is 0. The summed E-state index contributed by atoms with van der Waals surface area (Å²) in [6.07, 6.45) is 0.418. The third-order valence-electron chi connectivity index (χ3n) is 1.15. The van der Waals surface area contributed by atoms with E-state index >= 15 is 0 Å². The highest BCUT2D eigenvalue weighted by Gasteiger charge is 2.17. The van der Waals surface area contributed by atoms with Gasteiger partial charge in [-0.2, -0.15) is 0 Å². The molecule has 0 aliphatic rings. The third-order valence-corrected chi connectivity index (χ3v) is 2.57. The van der Waals surface area contributed by atoms with Crippen LogP contribution < -0.4 is 5.11 Å². The highest BCUT2D eigenvalue weighted by atomic mass is 32.2. The zero-order chi connectivity index (χ0) is 9.56. The molecule has 0 saturated heterocycles. The van der Waals surface area contributed by atoms with Crippen LogP contribution in [0.5, 0.6) is 0 Å². The van der Waals surface area contributed by atoms with Crippen molar-refractivity contribution in [1.82, 2.24) is 0 Å². The molecule has 0 fully saturated rings. The molecule has 0 saturated carbocycles. The van der Waals surface area contributed by atoms with E-state index < -0.39 is 23.6 Å². The van der Waals surface area contributed by atoms with Crippen molar-refractivity contribution in [2.45, 2.75) is 25.0 Å². The first-order valence-corrected chi connectivity index (χ1v) is 4.67. The molecule has 5 heteroatoms.